The molecule has 1 aromatic carbocycles. The SMILES string of the molecule is CCCc1ccc(C(=O)CSc2n[nH]c(C)n2)cc1. The highest BCUT2D eigenvalue weighted by molar-refractivity contribution is 7.99. The number of Topliss-reactive ketones (excluding diaryl/α,β-unsaturated/α-hetero) is 1. The van der Waals surface area contributed by atoms with Gasteiger partial charge in [0.1, 0.15) is 5.82 Å². The number of hydrogen-bond acceptors (Lipinski definition) is 4. The molecule has 0 aliphatic heterocycles. The highest BCUT2D eigenvalue weighted by Gasteiger charge is 2.08. The van der Waals surface area contributed by atoms with Crippen LogP contribution in [-0.4, -0.2) is 26.7 Å². The number of aromatic amines is 1. The number of thioether (sulfide) groups is 1. The van der Waals surface area contributed by atoms with Crippen molar-refractivity contribution in [2.75, 3.05) is 5.75 Å². The van der Waals surface area contributed by atoms with Gasteiger partial charge in [-0.25, -0.2) is 4.98 Å². The van der Waals surface area contributed by atoms with Crippen LogP contribution in [0, 0.1) is 6.92 Å². The lowest BCUT2D eigenvalue weighted by molar-refractivity contribution is 0.102. The average Bonchev–Trinajstić information content (AvgIpc) is 2.83. The number of rotatable bonds is 6. The quantitative estimate of drug-likeness (QED) is 0.650. The molecule has 0 amide bonds. The minimum Gasteiger partial charge on any atom is -0.293 e. The summed E-state index contributed by atoms with van der Waals surface area (Å²) >= 11 is 1.36. The van der Waals surface area contributed by atoms with Gasteiger partial charge in [-0.1, -0.05) is 49.4 Å². The van der Waals surface area contributed by atoms with Crippen LogP contribution in [0.5, 0.6) is 0 Å². The molecule has 0 saturated carbocycles. The van der Waals surface area contributed by atoms with Gasteiger partial charge in [0, 0.05) is 5.56 Å². The minimum atomic E-state index is 0.107. The molecule has 1 aromatic heterocycles. The number of carbonyl (C=O) groups is 1. The van der Waals surface area contributed by atoms with E-state index in [1.807, 2.05) is 31.2 Å². The van der Waals surface area contributed by atoms with Crippen LogP contribution in [0.15, 0.2) is 29.4 Å². The lowest BCUT2D eigenvalue weighted by Gasteiger charge is -2.02. The summed E-state index contributed by atoms with van der Waals surface area (Å²) in [7, 11) is 0. The number of hydrogen-bond donors (Lipinski definition) is 1. The van der Waals surface area contributed by atoms with Crippen LogP contribution in [0.1, 0.15) is 35.1 Å². The van der Waals surface area contributed by atoms with Crippen molar-refractivity contribution in [2.45, 2.75) is 31.8 Å². The summed E-state index contributed by atoms with van der Waals surface area (Å²) in [6.07, 6.45) is 2.17. The topological polar surface area (TPSA) is 58.6 Å². The van der Waals surface area contributed by atoms with Crippen molar-refractivity contribution >= 4 is 17.5 Å². The number of aromatic nitrogens is 3. The lowest BCUT2D eigenvalue weighted by atomic mass is 10.1. The molecular weight excluding hydrogens is 258 g/mol. The van der Waals surface area contributed by atoms with Crippen molar-refractivity contribution in [3.8, 4) is 0 Å². The Balaban J connectivity index is 1.92. The average molecular weight is 275 g/mol. The Morgan fingerprint density at radius 1 is 1.32 bits per heavy atom. The Morgan fingerprint density at radius 3 is 2.63 bits per heavy atom. The standard InChI is InChI=1S/C14H17N3OS/c1-3-4-11-5-7-12(8-6-11)13(18)9-19-14-15-10(2)16-17-14/h5-8H,3-4,9H2,1-2H3,(H,15,16,17). The van der Waals surface area contributed by atoms with Gasteiger partial charge < -0.3 is 0 Å². The Kier molecular flexibility index (Phi) is 4.74. The number of aryl methyl sites for hydroxylation is 2. The van der Waals surface area contributed by atoms with Crippen molar-refractivity contribution in [3.63, 3.8) is 0 Å². The zero-order valence-electron chi connectivity index (χ0n) is 11.1. The summed E-state index contributed by atoms with van der Waals surface area (Å²) in [5.41, 5.74) is 2.02. The molecule has 0 fully saturated rings. The van der Waals surface area contributed by atoms with E-state index in [1.165, 1.54) is 17.3 Å². The van der Waals surface area contributed by atoms with Gasteiger partial charge in [0.05, 0.1) is 5.75 Å². The molecule has 2 aromatic rings. The second-order valence-corrected chi connectivity index (χ2v) is 5.30. The number of carbonyl (C=O) groups excluding carboxylic acids is 1. The van der Waals surface area contributed by atoms with Gasteiger partial charge in [-0.05, 0) is 18.9 Å². The van der Waals surface area contributed by atoms with E-state index in [0.29, 0.717) is 10.9 Å². The maximum absolute atomic E-state index is 12.0. The molecule has 100 valence electrons. The van der Waals surface area contributed by atoms with Crippen molar-refractivity contribution in [1.29, 1.82) is 0 Å². The molecule has 0 aliphatic rings. The molecular formula is C14H17N3OS. The third kappa shape index (κ3) is 3.92. The normalized spacial score (nSPS) is 10.6. The second-order valence-electron chi connectivity index (χ2n) is 4.36. The van der Waals surface area contributed by atoms with Gasteiger partial charge in [-0.3, -0.25) is 9.89 Å². The Labute approximate surface area is 117 Å². The van der Waals surface area contributed by atoms with E-state index in [2.05, 4.69) is 22.1 Å². The van der Waals surface area contributed by atoms with Crippen LogP contribution in [0.3, 0.4) is 0 Å². The third-order valence-corrected chi connectivity index (χ3v) is 3.57. The Morgan fingerprint density at radius 2 is 2.05 bits per heavy atom. The smallest absolute Gasteiger partial charge is 0.208 e. The molecule has 4 nitrogen and oxygen atoms in total. The first-order valence-corrected chi connectivity index (χ1v) is 7.31. The second kappa shape index (κ2) is 6.52. The van der Waals surface area contributed by atoms with E-state index in [1.54, 1.807) is 0 Å². The monoisotopic (exact) mass is 275 g/mol. The van der Waals surface area contributed by atoms with Crippen LogP contribution in [0.2, 0.25) is 0 Å². The number of nitrogens with one attached hydrogen (secondary N) is 1. The van der Waals surface area contributed by atoms with E-state index in [9.17, 15) is 4.79 Å². The van der Waals surface area contributed by atoms with Crippen molar-refractivity contribution in [3.05, 3.63) is 41.2 Å². The van der Waals surface area contributed by atoms with Gasteiger partial charge in [-0.15, -0.1) is 5.10 Å². The van der Waals surface area contributed by atoms with Gasteiger partial charge in [0.15, 0.2) is 5.78 Å². The van der Waals surface area contributed by atoms with Crippen LogP contribution >= 0.6 is 11.8 Å². The highest BCUT2D eigenvalue weighted by atomic mass is 32.2. The van der Waals surface area contributed by atoms with Crippen LogP contribution < -0.4 is 0 Å². The van der Waals surface area contributed by atoms with Gasteiger partial charge in [0.2, 0.25) is 5.16 Å². The molecule has 0 atom stereocenters. The van der Waals surface area contributed by atoms with Crippen LogP contribution in [0.4, 0.5) is 0 Å². The first-order valence-electron chi connectivity index (χ1n) is 6.33. The molecule has 0 spiro atoms. The van der Waals surface area contributed by atoms with Gasteiger partial charge in [-0.2, -0.15) is 0 Å². The molecule has 0 aliphatic carbocycles. The highest BCUT2D eigenvalue weighted by Crippen LogP contribution is 2.15. The molecule has 0 radical (unpaired) electrons. The van der Waals surface area contributed by atoms with E-state index in [0.717, 1.165) is 24.2 Å². The van der Waals surface area contributed by atoms with Crippen molar-refractivity contribution < 1.29 is 4.79 Å². The molecule has 0 unspecified atom stereocenters. The van der Waals surface area contributed by atoms with Crippen LogP contribution in [-0.2, 0) is 6.42 Å². The van der Waals surface area contributed by atoms with Gasteiger partial charge >= 0.3 is 0 Å². The number of H-pyrrole nitrogens is 1. The lowest BCUT2D eigenvalue weighted by Crippen LogP contribution is -2.02. The predicted molar refractivity (Wildman–Crippen MR) is 76.6 cm³/mol. The van der Waals surface area contributed by atoms with Crippen molar-refractivity contribution in [2.24, 2.45) is 0 Å². The minimum absolute atomic E-state index is 0.107. The Bertz CT molecular complexity index is 548. The first kappa shape index (κ1) is 13.8. The molecule has 0 bridgehead atoms. The maximum atomic E-state index is 12.0. The zero-order valence-corrected chi connectivity index (χ0v) is 12.0. The molecule has 5 heteroatoms. The van der Waals surface area contributed by atoms with Gasteiger partial charge in [0.25, 0.3) is 0 Å². The number of ketones is 1. The fraction of sp³-hybridized carbons (Fsp3) is 0.357. The van der Waals surface area contributed by atoms with E-state index in [4.69, 9.17) is 0 Å². The third-order valence-electron chi connectivity index (χ3n) is 2.72. The summed E-state index contributed by atoms with van der Waals surface area (Å²) in [6, 6.07) is 7.85. The predicted octanol–water partition coefficient (Wildman–Crippen LogP) is 3.04. The summed E-state index contributed by atoms with van der Waals surface area (Å²) < 4.78 is 0. The largest absolute Gasteiger partial charge is 0.293 e. The van der Waals surface area contributed by atoms with Crippen LogP contribution in [0.25, 0.3) is 0 Å². The van der Waals surface area contributed by atoms with E-state index in [-0.39, 0.29) is 5.78 Å². The summed E-state index contributed by atoms with van der Waals surface area (Å²) in [6.45, 7) is 3.99. The molecule has 2 rings (SSSR count). The first-order chi connectivity index (χ1) is 9.19. The molecule has 0 saturated heterocycles. The maximum Gasteiger partial charge on any atom is 0.208 e. The molecule has 1 N–H and O–H groups in total. The van der Waals surface area contributed by atoms with Crippen molar-refractivity contribution in [1.82, 2.24) is 15.2 Å². The fourth-order valence-corrected chi connectivity index (χ4v) is 2.48. The molecule has 1 heterocycles. The summed E-state index contributed by atoms with van der Waals surface area (Å²) in [5.74, 6) is 1.24. The Hall–Kier alpha value is -1.62. The molecule has 19 heavy (non-hydrogen) atoms. The van der Waals surface area contributed by atoms with E-state index < -0.39 is 0 Å². The summed E-state index contributed by atoms with van der Waals surface area (Å²) in [5, 5.41) is 7.37. The number of nitrogens with zero attached hydrogens (tertiary/aromatic N) is 2. The fourth-order valence-electron chi connectivity index (χ4n) is 1.75. The van der Waals surface area contributed by atoms with E-state index >= 15 is 0 Å². The zero-order chi connectivity index (χ0) is 13.7. The summed E-state index contributed by atoms with van der Waals surface area (Å²) in [4.78, 5) is 16.2. The number of benzene rings is 1.